The summed E-state index contributed by atoms with van der Waals surface area (Å²) in [5.74, 6) is 1.62. The Morgan fingerprint density at radius 2 is 1.90 bits per heavy atom. The van der Waals surface area contributed by atoms with Gasteiger partial charge in [0.15, 0.2) is 0 Å². The third kappa shape index (κ3) is 5.65. The number of hydrogen-bond acceptors (Lipinski definition) is 3. The highest BCUT2D eigenvalue weighted by Gasteiger charge is 2.51. The van der Waals surface area contributed by atoms with Crippen molar-refractivity contribution < 1.29 is 15.3 Å². The quantitative estimate of drug-likeness (QED) is 0.308. The second-order valence-corrected chi connectivity index (χ2v) is 13.5. The lowest BCUT2D eigenvalue weighted by Gasteiger charge is -2.44. The normalized spacial score (nSPS) is 35.9. The van der Waals surface area contributed by atoms with Gasteiger partial charge in [-0.1, -0.05) is 87.9 Å². The lowest BCUT2D eigenvalue weighted by molar-refractivity contribution is 0.0862. The van der Waals surface area contributed by atoms with Crippen molar-refractivity contribution in [2.24, 2.45) is 23.2 Å². The highest BCUT2D eigenvalue weighted by molar-refractivity contribution is 5.39. The molecule has 0 spiro atoms. The molecule has 3 heteroatoms. The molecule has 5 rings (SSSR count). The highest BCUT2D eigenvalue weighted by Crippen LogP contribution is 2.60. The van der Waals surface area contributed by atoms with Gasteiger partial charge in [0, 0.05) is 11.8 Å². The van der Waals surface area contributed by atoms with Gasteiger partial charge in [-0.25, -0.2) is 0 Å². The lowest BCUT2D eigenvalue weighted by atomic mass is 9.61. The summed E-state index contributed by atoms with van der Waals surface area (Å²) in [6, 6.07) is 8.92. The summed E-state index contributed by atoms with van der Waals surface area (Å²) in [4.78, 5) is 0. The van der Waals surface area contributed by atoms with Gasteiger partial charge in [-0.3, -0.25) is 0 Å². The van der Waals surface area contributed by atoms with Crippen LogP contribution in [0.5, 0.6) is 0 Å². The highest BCUT2D eigenvalue weighted by atomic mass is 16.3. The van der Waals surface area contributed by atoms with Crippen LogP contribution in [0, 0.1) is 23.2 Å². The number of fused-ring (bicyclic) bond motifs is 1. The number of rotatable bonds is 8. The van der Waals surface area contributed by atoms with Crippen molar-refractivity contribution in [3.8, 4) is 0 Å². The van der Waals surface area contributed by atoms with E-state index in [9.17, 15) is 15.3 Å². The van der Waals surface area contributed by atoms with Crippen molar-refractivity contribution in [1.82, 2.24) is 0 Å². The number of aliphatic hydroxyl groups is 3. The van der Waals surface area contributed by atoms with E-state index in [1.54, 1.807) is 0 Å². The fourth-order valence-corrected chi connectivity index (χ4v) is 8.42. The van der Waals surface area contributed by atoms with E-state index < -0.39 is 18.3 Å². The van der Waals surface area contributed by atoms with Gasteiger partial charge in [0.1, 0.15) is 0 Å². The third-order valence-electron chi connectivity index (χ3n) is 10.9. The molecule has 4 aliphatic carbocycles. The molecule has 1 aromatic rings. The minimum absolute atomic E-state index is 0.0966. The van der Waals surface area contributed by atoms with Gasteiger partial charge < -0.3 is 15.3 Å². The summed E-state index contributed by atoms with van der Waals surface area (Å²) < 4.78 is 0. The summed E-state index contributed by atoms with van der Waals surface area (Å²) in [5.41, 5.74) is 6.15. The minimum atomic E-state index is -0.635. The maximum absolute atomic E-state index is 11.4. The lowest BCUT2D eigenvalue weighted by Crippen LogP contribution is -2.35. The van der Waals surface area contributed by atoms with Gasteiger partial charge in [0.05, 0.1) is 18.3 Å². The molecule has 39 heavy (non-hydrogen) atoms. The maximum atomic E-state index is 11.4. The monoisotopic (exact) mass is 530 g/mol. The SMILES string of the molecule is C=C1/C(=C\C=C2/CCC[C@]3(C)[C@@H]([C@H](C)/C=C/[C@@H](O)C4(c5cccc(CCC)c5)CC4)CC[C@@H]23)C[C@@H](O)C[C@@H]1O. The van der Waals surface area contributed by atoms with E-state index >= 15 is 0 Å². The first-order valence-electron chi connectivity index (χ1n) is 15.6. The summed E-state index contributed by atoms with van der Waals surface area (Å²) >= 11 is 0. The Balaban J connectivity index is 1.28. The van der Waals surface area contributed by atoms with Crippen molar-refractivity contribution in [1.29, 1.82) is 0 Å². The van der Waals surface area contributed by atoms with Crippen LogP contribution in [0.4, 0.5) is 0 Å². The smallest absolute Gasteiger partial charge is 0.0817 e. The molecule has 4 saturated carbocycles. The van der Waals surface area contributed by atoms with Crippen LogP contribution in [0.3, 0.4) is 0 Å². The summed E-state index contributed by atoms with van der Waals surface area (Å²) in [5, 5.41) is 31.7. The van der Waals surface area contributed by atoms with E-state index in [-0.39, 0.29) is 10.8 Å². The van der Waals surface area contributed by atoms with Crippen molar-refractivity contribution in [2.75, 3.05) is 0 Å². The molecule has 4 fully saturated rings. The van der Waals surface area contributed by atoms with E-state index in [4.69, 9.17) is 0 Å². The van der Waals surface area contributed by atoms with Crippen LogP contribution in [-0.2, 0) is 11.8 Å². The molecular weight excluding hydrogens is 480 g/mol. The Hall–Kier alpha value is -1.94. The first-order valence-corrected chi connectivity index (χ1v) is 15.6. The Kier molecular flexibility index (Phi) is 8.43. The van der Waals surface area contributed by atoms with E-state index in [0.29, 0.717) is 30.6 Å². The first-order chi connectivity index (χ1) is 18.7. The predicted octanol–water partition coefficient (Wildman–Crippen LogP) is 7.36. The van der Waals surface area contributed by atoms with E-state index in [1.807, 2.05) is 0 Å². The zero-order valence-electron chi connectivity index (χ0n) is 24.4. The van der Waals surface area contributed by atoms with Gasteiger partial charge in [-0.2, -0.15) is 0 Å². The van der Waals surface area contributed by atoms with Crippen LogP contribution in [0.15, 0.2) is 71.9 Å². The molecule has 0 radical (unpaired) electrons. The second kappa shape index (κ2) is 11.5. The summed E-state index contributed by atoms with van der Waals surface area (Å²) in [7, 11) is 0. The fourth-order valence-electron chi connectivity index (χ4n) is 8.42. The number of aliphatic hydroxyl groups excluding tert-OH is 3. The molecule has 3 nitrogen and oxygen atoms in total. The van der Waals surface area contributed by atoms with Crippen molar-refractivity contribution in [3.05, 3.63) is 83.0 Å². The van der Waals surface area contributed by atoms with Crippen molar-refractivity contribution in [2.45, 2.75) is 115 Å². The van der Waals surface area contributed by atoms with Crippen molar-refractivity contribution in [3.63, 3.8) is 0 Å². The zero-order valence-corrected chi connectivity index (χ0v) is 24.4. The molecule has 0 unspecified atom stereocenters. The van der Waals surface area contributed by atoms with Gasteiger partial charge in [-0.05, 0) is 103 Å². The molecule has 7 atom stereocenters. The number of allylic oxidation sites excluding steroid dienone is 4. The topological polar surface area (TPSA) is 60.7 Å². The Bertz CT molecular complexity index is 1140. The molecular formula is C36H50O3. The Morgan fingerprint density at radius 1 is 1.10 bits per heavy atom. The third-order valence-corrected chi connectivity index (χ3v) is 10.9. The first kappa shape index (κ1) is 28.6. The summed E-state index contributed by atoms with van der Waals surface area (Å²) in [6.07, 6.45) is 18.7. The number of benzene rings is 1. The molecule has 0 amide bonds. The van der Waals surface area contributed by atoms with Gasteiger partial charge in [-0.15, -0.1) is 0 Å². The molecule has 0 bridgehead atoms. The van der Waals surface area contributed by atoms with E-state index in [0.717, 1.165) is 43.3 Å². The molecule has 0 heterocycles. The van der Waals surface area contributed by atoms with E-state index in [2.05, 4.69) is 75.9 Å². The number of aryl methyl sites for hydroxylation is 1. The molecule has 4 aliphatic rings. The van der Waals surface area contributed by atoms with Crippen LogP contribution < -0.4 is 0 Å². The standard InChI is InChI=1S/C36H50O3/c1-5-8-26-9-6-11-29(21-26)36(19-20-36)34(39)17-12-24(2)31-15-16-32-27(10-7-18-35(31,32)4)13-14-28-22-30(37)23-33(38)25(28)3/h6,9,11-14,17,21,24,30-34,37-39H,3,5,7-8,10,15-16,18-20,22-23H2,1-2,4H3/b17-12+,27-13+,28-14-/t24-,30-,31-,32+,33+,34-,35-/m1/s1. The molecule has 0 aliphatic heterocycles. The van der Waals surface area contributed by atoms with Crippen molar-refractivity contribution >= 4 is 0 Å². The van der Waals surface area contributed by atoms with Crippen LogP contribution >= 0.6 is 0 Å². The van der Waals surface area contributed by atoms with Gasteiger partial charge in [0.25, 0.3) is 0 Å². The average Bonchev–Trinajstić information content (AvgIpc) is 3.65. The molecule has 0 aromatic heterocycles. The van der Waals surface area contributed by atoms with E-state index in [1.165, 1.54) is 42.4 Å². The molecule has 1 aromatic carbocycles. The van der Waals surface area contributed by atoms with Crippen LogP contribution in [0.25, 0.3) is 0 Å². The van der Waals surface area contributed by atoms with Crippen LogP contribution in [0.1, 0.15) is 96.1 Å². The maximum Gasteiger partial charge on any atom is 0.0817 e. The summed E-state index contributed by atoms with van der Waals surface area (Å²) in [6.45, 7) is 11.2. The Morgan fingerprint density at radius 3 is 2.64 bits per heavy atom. The van der Waals surface area contributed by atoms with Gasteiger partial charge in [0.2, 0.25) is 0 Å². The molecule has 212 valence electrons. The van der Waals surface area contributed by atoms with Gasteiger partial charge >= 0.3 is 0 Å². The largest absolute Gasteiger partial charge is 0.393 e. The Labute approximate surface area is 236 Å². The van der Waals surface area contributed by atoms with Crippen LogP contribution in [0.2, 0.25) is 0 Å². The predicted molar refractivity (Wildman–Crippen MR) is 160 cm³/mol. The second-order valence-electron chi connectivity index (χ2n) is 13.5. The molecule has 3 N–H and O–H groups in total. The average molecular weight is 531 g/mol. The minimum Gasteiger partial charge on any atom is -0.393 e. The van der Waals surface area contributed by atoms with Crippen LogP contribution in [-0.4, -0.2) is 33.6 Å². The zero-order chi connectivity index (χ0) is 27.8. The fraction of sp³-hybridized carbons (Fsp3) is 0.611. The number of hydrogen-bond donors (Lipinski definition) is 3. The molecule has 0 saturated heterocycles.